The van der Waals surface area contributed by atoms with Crippen LogP contribution in [0.5, 0.6) is 5.75 Å². The van der Waals surface area contributed by atoms with Gasteiger partial charge in [0.15, 0.2) is 0 Å². The molecule has 170 valence electrons. The lowest BCUT2D eigenvalue weighted by atomic mass is 9.95. The number of hydrogen-bond acceptors (Lipinski definition) is 4. The van der Waals surface area contributed by atoms with Crippen LogP contribution in [0.3, 0.4) is 0 Å². The minimum atomic E-state index is -0.765. The third kappa shape index (κ3) is 4.97. The molecule has 0 saturated carbocycles. The van der Waals surface area contributed by atoms with E-state index in [1.54, 1.807) is 48.5 Å². The van der Waals surface area contributed by atoms with E-state index in [2.05, 4.69) is 13.8 Å². The number of quaternary nitrogens is 1. The zero-order chi connectivity index (χ0) is 23.3. The van der Waals surface area contributed by atoms with Gasteiger partial charge in [-0.3, -0.25) is 9.59 Å². The molecule has 6 nitrogen and oxygen atoms in total. The number of amides is 1. The Kier molecular flexibility index (Phi) is 7.94. The number of carbonyl (C=O) groups excluding carboxylic acids is 2. The Morgan fingerprint density at radius 2 is 1.84 bits per heavy atom. The van der Waals surface area contributed by atoms with Crippen LogP contribution in [-0.4, -0.2) is 49.9 Å². The maximum Gasteiger partial charge on any atom is 0.295 e. The quantitative estimate of drug-likeness (QED) is 0.355. The standard InChI is InChI=1S/C25H29ClN2O4/c1-4-27(5-2)13-8-14-28-22(17-9-6-11-19(26)15-17)21(24(30)25(28)31)23(29)18-10-7-12-20(16-18)32-3/h6-7,9-12,15-16,22,29H,4-5,8,13-14H2,1-3H3/b23-21+. The first-order valence-electron chi connectivity index (χ1n) is 10.9. The minimum absolute atomic E-state index is 0.0410. The number of halogens is 1. The molecule has 1 saturated heterocycles. The van der Waals surface area contributed by atoms with Crippen LogP contribution in [0.15, 0.2) is 54.1 Å². The molecule has 3 rings (SSSR count). The molecule has 1 aliphatic rings. The van der Waals surface area contributed by atoms with Gasteiger partial charge in [-0.15, -0.1) is 0 Å². The van der Waals surface area contributed by atoms with Crippen molar-refractivity contribution in [3.63, 3.8) is 0 Å². The molecule has 0 spiro atoms. The van der Waals surface area contributed by atoms with Crippen LogP contribution in [0.2, 0.25) is 5.02 Å². The van der Waals surface area contributed by atoms with E-state index in [4.69, 9.17) is 16.3 Å². The van der Waals surface area contributed by atoms with E-state index < -0.39 is 23.5 Å². The normalized spacial score (nSPS) is 17.9. The number of hydrogen-bond donors (Lipinski definition) is 1. The van der Waals surface area contributed by atoms with Gasteiger partial charge in [0.1, 0.15) is 5.75 Å². The molecule has 0 aromatic heterocycles. The van der Waals surface area contributed by atoms with Crippen LogP contribution in [-0.2, 0) is 9.59 Å². The molecule has 2 aromatic carbocycles. The molecule has 32 heavy (non-hydrogen) atoms. The zero-order valence-corrected chi connectivity index (χ0v) is 19.4. The van der Waals surface area contributed by atoms with Crippen LogP contribution in [0.25, 0.3) is 5.76 Å². The van der Waals surface area contributed by atoms with Crippen LogP contribution in [0, 0.1) is 0 Å². The van der Waals surface area contributed by atoms with Crippen LogP contribution >= 0.6 is 11.6 Å². The molecule has 1 fully saturated rings. The number of nitrogens with zero attached hydrogens (tertiary/aromatic N) is 1. The summed E-state index contributed by atoms with van der Waals surface area (Å²) in [6, 6.07) is 12.8. The summed E-state index contributed by atoms with van der Waals surface area (Å²) in [4.78, 5) is 29.0. The average molecular weight is 457 g/mol. The van der Waals surface area contributed by atoms with E-state index in [1.807, 2.05) is 0 Å². The highest BCUT2D eigenvalue weighted by Crippen LogP contribution is 2.39. The first-order chi connectivity index (χ1) is 15.4. The Morgan fingerprint density at radius 3 is 2.50 bits per heavy atom. The molecule has 1 N–H and O–H groups in total. The molecule has 1 unspecified atom stereocenters. The summed E-state index contributed by atoms with van der Waals surface area (Å²) in [5.74, 6) is -1.36. The van der Waals surface area contributed by atoms with Gasteiger partial charge in [0.25, 0.3) is 5.91 Å². The molecular formula is C25H29ClN2O4. The van der Waals surface area contributed by atoms with E-state index in [-0.39, 0.29) is 5.57 Å². The number of methoxy groups -OCH3 is 1. The van der Waals surface area contributed by atoms with Crippen molar-refractivity contribution in [2.45, 2.75) is 26.3 Å². The second kappa shape index (κ2) is 10.7. The van der Waals surface area contributed by atoms with Gasteiger partial charge >= 0.3 is 0 Å². The highest BCUT2D eigenvalue weighted by atomic mass is 35.5. The third-order valence-corrected chi connectivity index (χ3v) is 6.19. The Labute approximate surface area is 194 Å². The van der Waals surface area contributed by atoms with Gasteiger partial charge in [-0.1, -0.05) is 41.6 Å². The van der Waals surface area contributed by atoms with Crippen molar-refractivity contribution in [3.8, 4) is 5.75 Å². The van der Waals surface area contributed by atoms with Gasteiger partial charge in [0.2, 0.25) is 5.78 Å². The fourth-order valence-corrected chi connectivity index (χ4v) is 4.35. The van der Waals surface area contributed by atoms with E-state index in [0.29, 0.717) is 28.4 Å². The van der Waals surface area contributed by atoms with Crippen molar-refractivity contribution in [2.75, 3.05) is 33.3 Å². The minimum Gasteiger partial charge on any atom is -0.872 e. The SMILES string of the molecule is CC[NH+](CC)CCCN1C(=O)C(=O)/C(=C(/[O-])c2cccc(OC)c2)C1c1cccc(Cl)c1. The van der Waals surface area contributed by atoms with E-state index in [0.717, 1.165) is 26.1 Å². The largest absolute Gasteiger partial charge is 0.872 e. The second-order valence-electron chi connectivity index (χ2n) is 7.82. The van der Waals surface area contributed by atoms with Crippen molar-refractivity contribution in [1.82, 2.24) is 4.90 Å². The van der Waals surface area contributed by atoms with Gasteiger partial charge in [-0.2, -0.15) is 0 Å². The van der Waals surface area contributed by atoms with Crippen molar-refractivity contribution in [2.24, 2.45) is 0 Å². The number of nitrogens with one attached hydrogen (secondary N) is 1. The summed E-state index contributed by atoms with van der Waals surface area (Å²) in [7, 11) is 1.51. The summed E-state index contributed by atoms with van der Waals surface area (Å²) >= 11 is 6.21. The fourth-order valence-electron chi connectivity index (χ4n) is 4.15. The second-order valence-corrected chi connectivity index (χ2v) is 8.26. The Bertz CT molecular complexity index is 1020. The number of ether oxygens (including phenoxy) is 1. The third-order valence-electron chi connectivity index (χ3n) is 5.96. The zero-order valence-electron chi connectivity index (χ0n) is 18.7. The van der Waals surface area contributed by atoms with Gasteiger partial charge in [-0.05, 0) is 49.2 Å². The number of ketones is 1. The maximum atomic E-state index is 13.4. The average Bonchev–Trinajstić information content (AvgIpc) is 3.06. The smallest absolute Gasteiger partial charge is 0.295 e. The predicted octanol–water partition coefficient (Wildman–Crippen LogP) is 1.89. The monoisotopic (exact) mass is 456 g/mol. The molecule has 1 amide bonds. The molecular weight excluding hydrogens is 428 g/mol. The summed E-state index contributed by atoms with van der Waals surface area (Å²) in [6.07, 6.45) is 0.730. The van der Waals surface area contributed by atoms with Gasteiger partial charge < -0.3 is 19.6 Å². The predicted molar refractivity (Wildman–Crippen MR) is 122 cm³/mol. The fraction of sp³-hybridized carbons (Fsp3) is 0.360. The number of benzene rings is 2. The molecule has 0 bridgehead atoms. The first kappa shape index (κ1) is 23.8. The Hall–Kier alpha value is -2.83. The molecule has 0 radical (unpaired) electrons. The lowest BCUT2D eigenvalue weighted by Crippen LogP contribution is -3.11. The van der Waals surface area contributed by atoms with Crippen molar-refractivity contribution < 1.29 is 24.3 Å². The van der Waals surface area contributed by atoms with E-state index >= 15 is 0 Å². The highest BCUT2D eigenvalue weighted by molar-refractivity contribution is 6.46. The van der Waals surface area contributed by atoms with Gasteiger partial charge in [0.05, 0.1) is 32.8 Å². The molecule has 7 heteroatoms. The summed E-state index contributed by atoms with van der Waals surface area (Å²) < 4.78 is 5.22. The van der Waals surface area contributed by atoms with Crippen molar-refractivity contribution >= 4 is 29.1 Å². The number of Topliss-reactive ketones (excluding diaryl/α,β-unsaturated/α-hetero) is 1. The molecule has 1 heterocycles. The lowest BCUT2D eigenvalue weighted by molar-refractivity contribution is -0.896. The van der Waals surface area contributed by atoms with Crippen LogP contribution < -0.4 is 14.7 Å². The first-order valence-corrected chi connectivity index (χ1v) is 11.3. The van der Waals surface area contributed by atoms with Gasteiger partial charge in [-0.25, -0.2) is 0 Å². The van der Waals surface area contributed by atoms with E-state index in [1.165, 1.54) is 16.9 Å². The highest BCUT2D eigenvalue weighted by Gasteiger charge is 2.44. The topological polar surface area (TPSA) is 74.1 Å². The molecule has 1 aliphatic heterocycles. The maximum absolute atomic E-state index is 13.4. The number of carbonyl (C=O) groups is 2. The van der Waals surface area contributed by atoms with Crippen LogP contribution in [0.1, 0.15) is 37.4 Å². The van der Waals surface area contributed by atoms with Crippen molar-refractivity contribution in [3.05, 3.63) is 70.3 Å². The Morgan fingerprint density at radius 1 is 1.12 bits per heavy atom. The number of rotatable bonds is 9. The lowest BCUT2D eigenvalue weighted by Gasteiger charge is -2.28. The summed E-state index contributed by atoms with van der Waals surface area (Å²) in [5, 5.41) is 13.9. The summed E-state index contributed by atoms with van der Waals surface area (Å²) in [5.41, 5.74) is 0.917. The van der Waals surface area contributed by atoms with Crippen LogP contribution in [0.4, 0.5) is 0 Å². The molecule has 1 atom stereocenters. The van der Waals surface area contributed by atoms with Gasteiger partial charge in [0, 0.05) is 23.6 Å². The van der Waals surface area contributed by atoms with Crippen molar-refractivity contribution in [1.29, 1.82) is 0 Å². The molecule has 0 aliphatic carbocycles. The Balaban J connectivity index is 2.04. The summed E-state index contributed by atoms with van der Waals surface area (Å²) in [6.45, 7) is 7.50. The number of likely N-dealkylation sites (tertiary alicyclic amines) is 1. The molecule has 2 aromatic rings. The van der Waals surface area contributed by atoms with E-state index in [9.17, 15) is 14.7 Å².